The number of oxime groups is 1. The Balaban J connectivity index is 2.08. The maximum absolute atomic E-state index is 13.1. The van der Waals surface area contributed by atoms with Crippen LogP contribution < -0.4 is 4.74 Å². The van der Waals surface area contributed by atoms with E-state index in [-0.39, 0.29) is 11.4 Å². The van der Waals surface area contributed by atoms with Crippen LogP contribution in [0.3, 0.4) is 0 Å². The molecular formula is C12H12FNO2. The summed E-state index contributed by atoms with van der Waals surface area (Å²) in [5, 5.41) is 12.3. The van der Waals surface area contributed by atoms with E-state index < -0.39 is 0 Å². The second-order valence-corrected chi connectivity index (χ2v) is 4.50. The van der Waals surface area contributed by atoms with Crippen LogP contribution >= 0.6 is 0 Å². The van der Waals surface area contributed by atoms with Crippen LogP contribution in [0.25, 0.3) is 0 Å². The molecule has 0 atom stereocenters. The molecule has 4 heteroatoms. The van der Waals surface area contributed by atoms with Crippen molar-refractivity contribution >= 4 is 5.71 Å². The van der Waals surface area contributed by atoms with Gasteiger partial charge in [-0.15, -0.1) is 0 Å². The summed E-state index contributed by atoms with van der Waals surface area (Å²) in [6.45, 7) is 0. The Morgan fingerprint density at radius 2 is 2.19 bits per heavy atom. The highest BCUT2D eigenvalue weighted by Gasteiger charge is 2.44. The van der Waals surface area contributed by atoms with Crippen LogP contribution in [0.2, 0.25) is 0 Å². The SMILES string of the molecule is ON=C1CC2(CCC2)Oc2cc(F)ccc21. The summed E-state index contributed by atoms with van der Waals surface area (Å²) >= 11 is 0. The molecule has 1 aromatic carbocycles. The summed E-state index contributed by atoms with van der Waals surface area (Å²) in [5.41, 5.74) is 1.05. The van der Waals surface area contributed by atoms with E-state index in [1.807, 2.05) is 0 Å². The molecule has 3 nitrogen and oxygen atoms in total. The highest BCUT2D eigenvalue weighted by molar-refractivity contribution is 6.04. The summed E-state index contributed by atoms with van der Waals surface area (Å²) in [5.74, 6) is 0.172. The van der Waals surface area contributed by atoms with Gasteiger partial charge in [0.2, 0.25) is 0 Å². The largest absolute Gasteiger partial charge is 0.486 e. The van der Waals surface area contributed by atoms with E-state index in [4.69, 9.17) is 9.94 Å². The van der Waals surface area contributed by atoms with Crippen molar-refractivity contribution in [3.63, 3.8) is 0 Å². The Morgan fingerprint density at radius 3 is 2.81 bits per heavy atom. The number of fused-ring (bicyclic) bond motifs is 1. The lowest BCUT2D eigenvalue weighted by Crippen LogP contribution is -2.47. The Morgan fingerprint density at radius 1 is 1.38 bits per heavy atom. The first-order valence-corrected chi connectivity index (χ1v) is 5.42. The van der Waals surface area contributed by atoms with Gasteiger partial charge in [0.25, 0.3) is 0 Å². The molecule has 1 aromatic rings. The quantitative estimate of drug-likeness (QED) is 0.540. The topological polar surface area (TPSA) is 41.8 Å². The number of halogens is 1. The fourth-order valence-corrected chi connectivity index (χ4v) is 2.43. The van der Waals surface area contributed by atoms with E-state index >= 15 is 0 Å². The lowest BCUT2D eigenvalue weighted by atomic mass is 9.74. The zero-order valence-corrected chi connectivity index (χ0v) is 8.74. The van der Waals surface area contributed by atoms with E-state index in [0.717, 1.165) is 19.3 Å². The van der Waals surface area contributed by atoms with Crippen molar-refractivity contribution in [1.82, 2.24) is 0 Å². The minimum atomic E-state index is -0.326. The third-order valence-corrected chi connectivity index (χ3v) is 3.46. The first-order chi connectivity index (χ1) is 7.72. The molecule has 0 radical (unpaired) electrons. The summed E-state index contributed by atoms with van der Waals surface area (Å²) in [6.07, 6.45) is 3.62. The highest BCUT2D eigenvalue weighted by Crippen LogP contribution is 2.45. The van der Waals surface area contributed by atoms with Crippen LogP contribution in [0, 0.1) is 5.82 Å². The number of benzene rings is 1. The number of rotatable bonds is 0. The van der Waals surface area contributed by atoms with Crippen LogP contribution in [0.5, 0.6) is 5.75 Å². The molecule has 0 saturated heterocycles. The van der Waals surface area contributed by atoms with E-state index in [0.29, 0.717) is 23.4 Å². The van der Waals surface area contributed by atoms with Crippen molar-refractivity contribution in [2.75, 3.05) is 0 Å². The summed E-state index contributed by atoms with van der Waals surface area (Å²) in [6, 6.07) is 4.32. The third-order valence-electron chi connectivity index (χ3n) is 3.46. The Hall–Kier alpha value is -1.58. The number of ether oxygens (including phenoxy) is 1. The van der Waals surface area contributed by atoms with Crippen molar-refractivity contribution in [3.8, 4) is 5.75 Å². The predicted octanol–water partition coefficient (Wildman–Crippen LogP) is 2.71. The first-order valence-electron chi connectivity index (χ1n) is 5.42. The van der Waals surface area contributed by atoms with Crippen molar-refractivity contribution in [1.29, 1.82) is 0 Å². The second-order valence-electron chi connectivity index (χ2n) is 4.50. The van der Waals surface area contributed by atoms with Crippen LogP contribution in [0.1, 0.15) is 31.2 Å². The zero-order valence-electron chi connectivity index (χ0n) is 8.74. The lowest BCUT2D eigenvalue weighted by Gasteiger charge is -2.45. The number of hydrogen-bond donors (Lipinski definition) is 1. The Labute approximate surface area is 92.5 Å². The molecule has 2 aliphatic rings. The number of hydrogen-bond acceptors (Lipinski definition) is 3. The monoisotopic (exact) mass is 221 g/mol. The summed E-state index contributed by atoms with van der Waals surface area (Å²) < 4.78 is 19.0. The second kappa shape index (κ2) is 3.20. The molecule has 0 bridgehead atoms. The van der Waals surface area contributed by atoms with Gasteiger partial charge in [-0.3, -0.25) is 0 Å². The van der Waals surface area contributed by atoms with Crippen molar-refractivity contribution in [2.45, 2.75) is 31.3 Å². The predicted molar refractivity (Wildman–Crippen MR) is 56.6 cm³/mol. The molecule has 1 saturated carbocycles. The van der Waals surface area contributed by atoms with E-state index in [9.17, 15) is 4.39 Å². The Bertz CT molecular complexity index is 466. The molecule has 1 fully saturated rings. The Kier molecular flexibility index (Phi) is 1.93. The van der Waals surface area contributed by atoms with Crippen molar-refractivity contribution in [2.24, 2.45) is 5.16 Å². The van der Waals surface area contributed by atoms with Gasteiger partial charge >= 0.3 is 0 Å². The third kappa shape index (κ3) is 1.29. The molecule has 1 spiro atoms. The molecule has 1 aliphatic heterocycles. The minimum Gasteiger partial charge on any atom is -0.486 e. The fourth-order valence-electron chi connectivity index (χ4n) is 2.43. The van der Waals surface area contributed by atoms with Gasteiger partial charge in [0.05, 0.1) is 5.71 Å². The molecule has 1 heterocycles. The first kappa shape index (κ1) is 9.63. The van der Waals surface area contributed by atoms with E-state index in [1.165, 1.54) is 12.1 Å². The standard InChI is InChI=1S/C12H12FNO2/c13-8-2-3-9-10(14-15)7-12(4-1-5-12)16-11(9)6-8/h2-3,6,15H,1,4-5,7H2. The van der Waals surface area contributed by atoms with Gasteiger partial charge in [0.1, 0.15) is 17.2 Å². The molecule has 3 rings (SSSR count). The molecule has 0 aromatic heterocycles. The molecule has 84 valence electrons. The summed E-state index contributed by atoms with van der Waals surface area (Å²) in [4.78, 5) is 0. The highest BCUT2D eigenvalue weighted by atomic mass is 19.1. The van der Waals surface area contributed by atoms with Gasteiger partial charge in [-0.1, -0.05) is 5.16 Å². The van der Waals surface area contributed by atoms with Crippen LogP contribution in [-0.2, 0) is 0 Å². The van der Waals surface area contributed by atoms with Gasteiger partial charge < -0.3 is 9.94 Å². The fraction of sp³-hybridized carbons (Fsp3) is 0.417. The average molecular weight is 221 g/mol. The normalized spacial score (nSPS) is 23.7. The van der Waals surface area contributed by atoms with E-state index in [1.54, 1.807) is 6.07 Å². The van der Waals surface area contributed by atoms with Gasteiger partial charge in [-0.25, -0.2) is 4.39 Å². The molecule has 1 N–H and O–H groups in total. The van der Waals surface area contributed by atoms with E-state index in [2.05, 4.69) is 5.16 Å². The molecule has 0 unspecified atom stereocenters. The average Bonchev–Trinajstić information content (AvgIpc) is 2.24. The minimum absolute atomic E-state index is 0.248. The summed E-state index contributed by atoms with van der Waals surface area (Å²) in [7, 11) is 0. The smallest absolute Gasteiger partial charge is 0.132 e. The van der Waals surface area contributed by atoms with Gasteiger partial charge in [-0.05, 0) is 31.4 Å². The number of nitrogens with zero attached hydrogens (tertiary/aromatic N) is 1. The van der Waals surface area contributed by atoms with Crippen molar-refractivity contribution < 1.29 is 14.3 Å². The molecular weight excluding hydrogens is 209 g/mol. The zero-order chi connectivity index (χ0) is 11.2. The van der Waals surface area contributed by atoms with Crippen molar-refractivity contribution in [3.05, 3.63) is 29.6 Å². The van der Waals surface area contributed by atoms with Gasteiger partial charge in [0.15, 0.2) is 0 Å². The van der Waals surface area contributed by atoms with Gasteiger partial charge in [0, 0.05) is 18.1 Å². The molecule has 16 heavy (non-hydrogen) atoms. The molecule has 0 amide bonds. The van der Waals surface area contributed by atoms with Gasteiger partial charge in [-0.2, -0.15) is 0 Å². The molecule has 1 aliphatic carbocycles. The maximum Gasteiger partial charge on any atom is 0.132 e. The van der Waals surface area contributed by atoms with Crippen LogP contribution in [-0.4, -0.2) is 16.5 Å². The van der Waals surface area contributed by atoms with Crippen LogP contribution in [0.4, 0.5) is 4.39 Å². The maximum atomic E-state index is 13.1. The lowest BCUT2D eigenvalue weighted by molar-refractivity contribution is -0.00568. The van der Waals surface area contributed by atoms with Crippen LogP contribution in [0.15, 0.2) is 23.4 Å².